The monoisotopic (exact) mass is 368 g/mol. The van der Waals surface area contributed by atoms with Crippen LogP contribution < -0.4 is 10.1 Å². The Bertz CT molecular complexity index is 562. The molecular weight excluding hydrogens is 348 g/mol. The number of piperazine rings is 1. The van der Waals surface area contributed by atoms with Crippen molar-refractivity contribution in [2.45, 2.75) is 25.8 Å². The van der Waals surface area contributed by atoms with Gasteiger partial charge in [0.25, 0.3) is 0 Å². The van der Waals surface area contributed by atoms with Crippen LogP contribution in [0.5, 0.6) is 5.75 Å². The second kappa shape index (κ2) is 7.74. The number of rotatable bonds is 5. The molecular formula is C16H21BrN2O3. The number of nitrogens with one attached hydrogen (secondary N) is 1. The summed E-state index contributed by atoms with van der Waals surface area (Å²) in [5.74, 6) is 0.502. The number of nitrogens with zero attached hydrogens (tertiary/aromatic N) is 1. The van der Waals surface area contributed by atoms with Gasteiger partial charge in [0.05, 0.1) is 12.7 Å². The minimum atomic E-state index is -0.0747. The van der Waals surface area contributed by atoms with Gasteiger partial charge in [0, 0.05) is 43.0 Å². The van der Waals surface area contributed by atoms with Gasteiger partial charge in [-0.05, 0) is 25.1 Å². The van der Waals surface area contributed by atoms with E-state index in [0.29, 0.717) is 17.9 Å². The van der Waals surface area contributed by atoms with E-state index >= 15 is 0 Å². The van der Waals surface area contributed by atoms with E-state index < -0.39 is 0 Å². The minimum absolute atomic E-state index is 0.0383. The number of halogens is 1. The zero-order valence-electron chi connectivity index (χ0n) is 12.9. The molecule has 120 valence electrons. The lowest BCUT2D eigenvalue weighted by Crippen LogP contribution is -2.52. The van der Waals surface area contributed by atoms with Crippen LogP contribution in [-0.4, -0.2) is 49.4 Å². The summed E-state index contributed by atoms with van der Waals surface area (Å²) in [6, 6.07) is 5.48. The summed E-state index contributed by atoms with van der Waals surface area (Å²) >= 11 is 3.35. The first-order chi connectivity index (χ1) is 10.5. The summed E-state index contributed by atoms with van der Waals surface area (Å²) in [4.78, 5) is 26.5. The van der Waals surface area contributed by atoms with Crippen LogP contribution in [0, 0.1) is 0 Å². The standard InChI is InChI=1S/C16H21BrN2O3/c1-11-10-18-7-8-19(11)16(21)6-4-14(20)13-9-12(17)3-5-15(13)22-2/h3,5,9,11,18H,4,6-8,10H2,1-2H3/t11-/m1/s1. The molecule has 1 aliphatic rings. The second-order valence-electron chi connectivity index (χ2n) is 5.41. The first-order valence-electron chi connectivity index (χ1n) is 7.40. The summed E-state index contributed by atoms with van der Waals surface area (Å²) in [7, 11) is 1.54. The van der Waals surface area contributed by atoms with Gasteiger partial charge >= 0.3 is 0 Å². The summed E-state index contributed by atoms with van der Waals surface area (Å²) in [6.45, 7) is 4.33. The van der Waals surface area contributed by atoms with Crippen LogP contribution in [0.25, 0.3) is 0 Å². The Morgan fingerprint density at radius 3 is 2.86 bits per heavy atom. The van der Waals surface area contributed by atoms with E-state index in [0.717, 1.165) is 17.6 Å². The first kappa shape index (κ1) is 17.0. The molecule has 0 spiro atoms. The number of hydrogen-bond donors (Lipinski definition) is 1. The maximum absolute atomic E-state index is 12.4. The van der Waals surface area contributed by atoms with Gasteiger partial charge in [-0.2, -0.15) is 0 Å². The Labute approximate surface area is 139 Å². The maximum Gasteiger partial charge on any atom is 0.223 e. The van der Waals surface area contributed by atoms with Crippen LogP contribution in [0.4, 0.5) is 0 Å². The molecule has 1 heterocycles. The zero-order chi connectivity index (χ0) is 16.1. The van der Waals surface area contributed by atoms with Crippen molar-refractivity contribution in [2.24, 2.45) is 0 Å². The summed E-state index contributed by atoms with van der Waals surface area (Å²) in [5, 5.41) is 3.25. The molecule has 1 saturated heterocycles. The number of benzene rings is 1. The van der Waals surface area contributed by atoms with Crippen molar-refractivity contribution >= 4 is 27.6 Å². The number of methoxy groups -OCH3 is 1. The Balaban J connectivity index is 1.98. The van der Waals surface area contributed by atoms with Gasteiger partial charge in [-0.25, -0.2) is 0 Å². The highest BCUT2D eigenvalue weighted by molar-refractivity contribution is 9.10. The Morgan fingerprint density at radius 2 is 2.18 bits per heavy atom. The molecule has 2 rings (SSSR count). The fourth-order valence-corrected chi connectivity index (χ4v) is 2.97. The zero-order valence-corrected chi connectivity index (χ0v) is 14.5. The first-order valence-corrected chi connectivity index (χ1v) is 8.19. The Kier molecular flexibility index (Phi) is 5.97. The third-order valence-corrected chi connectivity index (χ3v) is 4.34. The van der Waals surface area contributed by atoms with Crippen molar-refractivity contribution in [1.29, 1.82) is 0 Å². The van der Waals surface area contributed by atoms with E-state index in [1.807, 2.05) is 17.9 Å². The van der Waals surface area contributed by atoms with Crippen LogP contribution in [0.2, 0.25) is 0 Å². The molecule has 0 saturated carbocycles. The largest absolute Gasteiger partial charge is 0.496 e. The van der Waals surface area contributed by atoms with Crippen molar-refractivity contribution in [3.8, 4) is 5.75 Å². The fraction of sp³-hybridized carbons (Fsp3) is 0.500. The number of carbonyl (C=O) groups is 2. The van der Waals surface area contributed by atoms with Crippen LogP contribution in [0.15, 0.2) is 22.7 Å². The van der Waals surface area contributed by atoms with E-state index in [2.05, 4.69) is 21.2 Å². The molecule has 1 fully saturated rings. The number of carbonyl (C=O) groups excluding carboxylic acids is 2. The third-order valence-electron chi connectivity index (χ3n) is 3.85. The highest BCUT2D eigenvalue weighted by Crippen LogP contribution is 2.24. The van der Waals surface area contributed by atoms with E-state index in [9.17, 15) is 9.59 Å². The van der Waals surface area contributed by atoms with Crippen LogP contribution in [0.1, 0.15) is 30.1 Å². The quantitative estimate of drug-likeness (QED) is 0.809. The smallest absolute Gasteiger partial charge is 0.223 e. The number of amides is 1. The molecule has 1 aliphatic heterocycles. The predicted octanol–water partition coefficient (Wildman–Crippen LogP) is 2.24. The SMILES string of the molecule is COc1ccc(Br)cc1C(=O)CCC(=O)N1CCNC[C@H]1C. The molecule has 22 heavy (non-hydrogen) atoms. The van der Waals surface area contributed by atoms with E-state index in [4.69, 9.17) is 4.74 Å². The van der Waals surface area contributed by atoms with Gasteiger partial charge in [-0.3, -0.25) is 9.59 Å². The normalized spacial score (nSPS) is 18.1. The molecule has 1 aromatic carbocycles. The van der Waals surface area contributed by atoms with Crippen LogP contribution in [-0.2, 0) is 4.79 Å². The average Bonchev–Trinajstić information content (AvgIpc) is 2.52. The minimum Gasteiger partial charge on any atom is -0.496 e. The van der Waals surface area contributed by atoms with Crippen molar-refractivity contribution in [3.05, 3.63) is 28.2 Å². The predicted molar refractivity (Wildman–Crippen MR) is 88.3 cm³/mol. The van der Waals surface area contributed by atoms with Crippen molar-refractivity contribution in [3.63, 3.8) is 0 Å². The van der Waals surface area contributed by atoms with Crippen molar-refractivity contribution in [2.75, 3.05) is 26.7 Å². The summed E-state index contributed by atoms with van der Waals surface area (Å²) in [6.07, 6.45) is 0.432. The molecule has 1 aromatic rings. The second-order valence-corrected chi connectivity index (χ2v) is 6.32. The fourth-order valence-electron chi connectivity index (χ4n) is 2.61. The lowest BCUT2D eigenvalue weighted by Gasteiger charge is -2.34. The number of ether oxygens (including phenoxy) is 1. The highest BCUT2D eigenvalue weighted by Gasteiger charge is 2.23. The molecule has 1 N–H and O–H groups in total. The van der Waals surface area contributed by atoms with Crippen LogP contribution >= 0.6 is 15.9 Å². The lowest BCUT2D eigenvalue weighted by atomic mass is 10.0. The Morgan fingerprint density at radius 1 is 1.41 bits per heavy atom. The van der Waals surface area contributed by atoms with E-state index in [1.165, 1.54) is 7.11 Å². The summed E-state index contributed by atoms with van der Waals surface area (Å²) in [5.41, 5.74) is 0.512. The maximum atomic E-state index is 12.4. The Hall–Kier alpha value is -1.40. The number of Topliss-reactive ketones (excluding diaryl/α,β-unsaturated/α-hetero) is 1. The van der Waals surface area contributed by atoms with Crippen molar-refractivity contribution < 1.29 is 14.3 Å². The van der Waals surface area contributed by atoms with Crippen LogP contribution in [0.3, 0.4) is 0 Å². The van der Waals surface area contributed by atoms with Gasteiger partial charge in [0.1, 0.15) is 5.75 Å². The molecule has 0 radical (unpaired) electrons. The van der Waals surface area contributed by atoms with Gasteiger partial charge in [0.15, 0.2) is 5.78 Å². The molecule has 1 atom stereocenters. The molecule has 0 aliphatic carbocycles. The van der Waals surface area contributed by atoms with Gasteiger partial charge in [-0.1, -0.05) is 15.9 Å². The third kappa shape index (κ3) is 4.08. The molecule has 6 heteroatoms. The molecule has 0 aromatic heterocycles. The van der Waals surface area contributed by atoms with E-state index in [-0.39, 0.29) is 30.6 Å². The van der Waals surface area contributed by atoms with E-state index in [1.54, 1.807) is 12.1 Å². The number of hydrogen-bond acceptors (Lipinski definition) is 4. The summed E-state index contributed by atoms with van der Waals surface area (Å²) < 4.78 is 6.03. The topological polar surface area (TPSA) is 58.6 Å². The van der Waals surface area contributed by atoms with Gasteiger partial charge in [0.2, 0.25) is 5.91 Å². The van der Waals surface area contributed by atoms with Gasteiger partial charge in [-0.15, -0.1) is 0 Å². The molecule has 5 nitrogen and oxygen atoms in total. The van der Waals surface area contributed by atoms with Gasteiger partial charge < -0.3 is 15.0 Å². The average molecular weight is 369 g/mol. The highest BCUT2D eigenvalue weighted by atomic mass is 79.9. The van der Waals surface area contributed by atoms with Crippen molar-refractivity contribution in [1.82, 2.24) is 10.2 Å². The molecule has 0 bridgehead atoms. The lowest BCUT2D eigenvalue weighted by molar-refractivity contribution is -0.133. The number of ketones is 1. The molecule has 1 amide bonds. The molecule has 0 unspecified atom stereocenters.